The van der Waals surface area contributed by atoms with Crippen LogP contribution in [0.4, 0.5) is 0 Å². The van der Waals surface area contributed by atoms with Crippen LogP contribution in [0.15, 0.2) is 27.6 Å². The second-order valence-electron chi connectivity index (χ2n) is 5.10. The van der Waals surface area contributed by atoms with Crippen molar-refractivity contribution in [3.63, 3.8) is 0 Å². The van der Waals surface area contributed by atoms with E-state index in [1.165, 1.54) is 32.3 Å². The van der Waals surface area contributed by atoms with Crippen molar-refractivity contribution < 1.29 is 13.2 Å². The number of hydrogen-bond donors (Lipinski definition) is 2. The number of benzene rings is 1. The van der Waals surface area contributed by atoms with Gasteiger partial charge in [0, 0.05) is 36.7 Å². The Balaban J connectivity index is 0.00000484. The summed E-state index contributed by atoms with van der Waals surface area (Å²) in [5.41, 5.74) is 0.410. The van der Waals surface area contributed by atoms with Gasteiger partial charge in [-0.3, -0.25) is 4.79 Å². The molecule has 2 N–H and O–H groups in total. The molecule has 132 valence electrons. The highest BCUT2D eigenvalue weighted by Gasteiger charge is 2.21. The zero-order chi connectivity index (χ0) is 16.9. The third-order valence-electron chi connectivity index (χ3n) is 3.07. The Kier molecular flexibility index (Phi) is 9.30. The maximum absolute atomic E-state index is 12.1. The quantitative estimate of drug-likeness (QED) is 0.695. The lowest BCUT2D eigenvalue weighted by molar-refractivity contribution is 0.0950. The van der Waals surface area contributed by atoms with Gasteiger partial charge in [-0.2, -0.15) is 0 Å². The van der Waals surface area contributed by atoms with Crippen LogP contribution in [0.1, 0.15) is 24.2 Å². The first kappa shape index (κ1) is 22.3. The van der Waals surface area contributed by atoms with E-state index in [0.717, 1.165) is 10.8 Å². The fourth-order valence-electron chi connectivity index (χ4n) is 1.82. The monoisotopic (exact) mass is 427 g/mol. The van der Waals surface area contributed by atoms with Crippen LogP contribution in [0, 0.1) is 0 Å². The molecule has 0 spiro atoms. The Morgan fingerprint density at radius 3 is 2.43 bits per heavy atom. The molecule has 0 aromatic heterocycles. The number of nitrogens with one attached hydrogen (secondary N) is 2. The zero-order valence-electron chi connectivity index (χ0n) is 13.6. The topological polar surface area (TPSA) is 78.5 Å². The molecule has 1 aromatic carbocycles. The van der Waals surface area contributed by atoms with Crippen molar-refractivity contribution in [3.8, 4) is 0 Å². The molecule has 0 aliphatic carbocycles. The minimum absolute atomic E-state index is 0. The highest BCUT2D eigenvalue weighted by atomic mass is 79.9. The predicted molar refractivity (Wildman–Crippen MR) is 97.7 cm³/mol. The van der Waals surface area contributed by atoms with Crippen LogP contribution in [0.5, 0.6) is 0 Å². The Morgan fingerprint density at radius 2 is 1.96 bits per heavy atom. The minimum atomic E-state index is -3.54. The van der Waals surface area contributed by atoms with Crippen molar-refractivity contribution in [2.75, 3.05) is 27.2 Å². The summed E-state index contributed by atoms with van der Waals surface area (Å²) in [5.74, 6) is -0.237. The third kappa shape index (κ3) is 6.04. The van der Waals surface area contributed by atoms with Crippen molar-refractivity contribution in [1.29, 1.82) is 0 Å². The fraction of sp³-hybridized carbons (Fsp3) is 0.500. The summed E-state index contributed by atoms with van der Waals surface area (Å²) in [7, 11) is -0.613. The van der Waals surface area contributed by atoms with Gasteiger partial charge in [0.15, 0.2) is 0 Å². The number of rotatable bonds is 7. The van der Waals surface area contributed by atoms with Gasteiger partial charge in [-0.25, -0.2) is 12.7 Å². The molecule has 1 rings (SSSR count). The van der Waals surface area contributed by atoms with E-state index in [0.29, 0.717) is 16.6 Å². The van der Waals surface area contributed by atoms with Gasteiger partial charge in [0.25, 0.3) is 5.91 Å². The van der Waals surface area contributed by atoms with E-state index in [1.54, 1.807) is 0 Å². The van der Waals surface area contributed by atoms with Crippen LogP contribution in [0.25, 0.3) is 0 Å². The summed E-state index contributed by atoms with van der Waals surface area (Å²) in [6, 6.07) is 4.63. The third-order valence-corrected chi connectivity index (χ3v) is 5.87. The molecule has 9 heteroatoms. The van der Waals surface area contributed by atoms with Crippen molar-refractivity contribution in [2.24, 2.45) is 0 Å². The van der Waals surface area contributed by atoms with Crippen LogP contribution in [0.3, 0.4) is 0 Å². The van der Waals surface area contributed by atoms with Gasteiger partial charge in [0.05, 0.1) is 4.90 Å². The molecule has 0 bridgehead atoms. The van der Waals surface area contributed by atoms with E-state index >= 15 is 0 Å². The molecule has 0 aliphatic rings. The first-order valence-electron chi connectivity index (χ1n) is 6.93. The minimum Gasteiger partial charge on any atom is -0.350 e. The number of sulfonamides is 1. The molecular weight excluding hydrogens is 406 g/mol. The van der Waals surface area contributed by atoms with Gasteiger partial charge in [0.1, 0.15) is 0 Å². The lowest BCUT2D eigenvalue weighted by Gasteiger charge is -2.15. The van der Waals surface area contributed by atoms with Crippen LogP contribution >= 0.6 is 28.3 Å². The molecule has 0 radical (unpaired) electrons. The molecule has 0 saturated heterocycles. The van der Waals surface area contributed by atoms with Crippen molar-refractivity contribution in [1.82, 2.24) is 14.9 Å². The second kappa shape index (κ2) is 9.58. The molecule has 6 nitrogen and oxygen atoms in total. The van der Waals surface area contributed by atoms with Gasteiger partial charge < -0.3 is 10.6 Å². The van der Waals surface area contributed by atoms with E-state index in [9.17, 15) is 13.2 Å². The molecular formula is C14H23BrClN3O3S. The predicted octanol–water partition coefficient (Wildman–Crippen LogP) is 1.85. The molecule has 0 aliphatic heterocycles. The normalized spacial score (nSPS) is 12.6. The SMILES string of the molecule is CCN[C@H](C)CNC(=O)c1ccc(S(=O)(=O)N(C)C)c(Br)c1.Cl. The first-order valence-corrected chi connectivity index (χ1v) is 9.17. The van der Waals surface area contributed by atoms with Crippen LogP contribution < -0.4 is 10.6 Å². The Labute approximate surface area is 152 Å². The fourth-order valence-corrected chi connectivity index (χ4v) is 3.75. The number of carbonyl (C=O) groups excluding carboxylic acids is 1. The van der Waals surface area contributed by atoms with Gasteiger partial charge in [-0.15, -0.1) is 12.4 Å². The molecule has 0 unspecified atom stereocenters. The van der Waals surface area contributed by atoms with E-state index < -0.39 is 10.0 Å². The smallest absolute Gasteiger partial charge is 0.251 e. The summed E-state index contributed by atoms with van der Waals surface area (Å²) >= 11 is 3.23. The van der Waals surface area contributed by atoms with Gasteiger partial charge in [-0.1, -0.05) is 6.92 Å². The average molecular weight is 429 g/mol. The maximum Gasteiger partial charge on any atom is 0.251 e. The molecule has 0 fully saturated rings. The van der Waals surface area contributed by atoms with E-state index in [-0.39, 0.29) is 29.3 Å². The molecule has 23 heavy (non-hydrogen) atoms. The van der Waals surface area contributed by atoms with Gasteiger partial charge in [0.2, 0.25) is 10.0 Å². The number of carbonyl (C=O) groups is 1. The molecule has 1 atom stereocenters. The standard InChI is InChI=1S/C14H22BrN3O3S.ClH/c1-5-16-10(2)9-17-14(19)11-6-7-13(12(15)8-11)22(20,21)18(3)4;/h6-8,10,16H,5,9H2,1-4H3,(H,17,19);1H/t10-;/m1./s1. The second-order valence-corrected chi connectivity index (χ2v) is 8.08. The van der Waals surface area contributed by atoms with Crippen molar-refractivity contribution >= 4 is 44.3 Å². The highest BCUT2D eigenvalue weighted by molar-refractivity contribution is 9.10. The molecule has 0 heterocycles. The number of likely N-dealkylation sites (N-methyl/N-ethyl adjacent to an activating group) is 1. The molecule has 1 aromatic rings. The van der Waals surface area contributed by atoms with E-state index in [1.807, 2.05) is 13.8 Å². The first-order chi connectivity index (χ1) is 10.2. The summed E-state index contributed by atoms with van der Waals surface area (Å²) < 4.78 is 25.7. The number of hydrogen-bond acceptors (Lipinski definition) is 4. The Bertz CT molecular complexity index is 638. The lowest BCUT2D eigenvalue weighted by atomic mass is 10.2. The number of halogens is 2. The van der Waals surface area contributed by atoms with E-state index in [2.05, 4.69) is 26.6 Å². The largest absolute Gasteiger partial charge is 0.350 e. The maximum atomic E-state index is 12.1. The highest BCUT2D eigenvalue weighted by Crippen LogP contribution is 2.25. The van der Waals surface area contributed by atoms with Gasteiger partial charge in [-0.05, 0) is 47.6 Å². The number of nitrogens with zero attached hydrogens (tertiary/aromatic N) is 1. The van der Waals surface area contributed by atoms with Crippen LogP contribution in [-0.2, 0) is 10.0 Å². The van der Waals surface area contributed by atoms with Gasteiger partial charge >= 0.3 is 0 Å². The molecule has 0 saturated carbocycles. The lowest BCUT2D eigenvalue weighted by Crippen LogP contribution is -2.38. The summed E-state index contributed by atoms with van der Waals surface area (Å²) in [6.07, 6.45) is 0. The van der Waals surface area contributed by atoms with Crippen LogP contribution in [0.2, 0.25) is 0 Å². The van der Waals surface area contributed by atoms with Crippen molar-refractivity contribution in [2.45, 2.75) is 24.8 Å². The summed E-state index contributed by atoms with van der Waals surface area (Å²) in [6.45, 7) is 5.31. The van der Waals surface area contributed by atoms with E-state index in [4.69, 9.17) is 0 Å². The summed E-state index contributed by atoms with van der Waals surface area (Å²) in [5, 5.41) is 6.01. The zero-order valence-corrected chi connectivity index (χ0v) is 16.8. The average Bonchev–Trinajstić information content (AvgIpc) is 2.44. The number of amides is 1. The Hall–Kier alpha value is -0.670. The Morgan fingerprint density at radius 1 is 1.35 bits per heavy atom. The molecule has 1 amide bonds. The van der Waals surface area contributed by atoms with Crippen molar-refractivity contribution in [3.05, 3.63) is 28.2 Å². The van der Waals surface area contributed by atoms with Crippen LogP contribution in [-0.4, -0.2) is 51.9 Å². The summed E-state index contributed by atoms with van der Waals surface area (Å²) in [4.78, 5) is 12.2.